The van der Waals surface area contributed by atoms with E-state index >= 15 is 0 Å². The number of carbonyl (C=O) groups is 2. The first-order chi connectivity index (χ1) is 11.9. The van der Waals surface area contributed by atoms with Crippen LogP contribution in [0, 0.1) is 5.92 Å². The smallest absolute Gasteiger partial charge is 0.254 e. The van der Waals surface area contributed by atoms with Crippen LogP contribution in [0.5, 0.6) is 0 Å². The molecular formula is C19H29ClN3O2+. The van der Waals surface area contributed by atoms with Crippen LogP contribution in [0.3, 0.4) is 0 Å². The first-order valence-corrected chi connectivity index (χ1v) is 9.42. The first-order valence-electron chi connectivity index (χ1n) is 9.04. The van der Waals surface area contributed by atoms with Crippen molar-refractivity contribution in [2.24, 2.45) is 5.92 Å². The van der Waals surface area contributed by atoms with Crippen LogP contribution in [0.25, 0.3) is 0 Å². The Bertz CT molecular complexity index is 589. The van der Waals surface area contributed by atoms with Crippen molar-refractivity contribution in [1.82, 2.24) is 9.80 Å². The first kappa shape index (κ1) is 19.7. The van der Waals surface area contributed by atoms with Crippen LogP contribution < -0.4 is 5.32 Å². The number of nitrogens with zero attached hydrogens (tertiary/aromatic N) is 2. The minimum absolute atomic E-state index is 0.00142. The molecule has 1 aromatic carbocycles. The van der Waals surface area contributed by atoms with E-state index in [2.05, 4.69) is 19.2 Å². The zero-order valence-corrected chi connectivity index (χ0v) is 16.1. The number of quaternary nitrogens is 1. The number of carbonyl (C=O) groups excluding carboxylic acids is 2. The molecule has 1 aliphatic rings. The Morgan fingerprint density at radius 2 is 1.92 bits per heavy atom. The number of hydrogen-bond donors (Lipinski definition) is 1. The fourth-order valence-electron chi connectivity index (χ4n) is 3.08. The summed E-state index contributed by atoms with van der Waals surface area (Å²) in [4.78, 5) is 28.7. The van der Waals surface area contributed by atoms with Crippen molar-refractivity contribution < 1.29 is 14.9 Å². The van der Waals surface area contributed by atoms with Crippen LogP contribution in [0.15, 0.2) is 24.3 Å². The molecule has 1 atom stereocenters. The van der Waals surface area contributed by atoms with Crippen molar-refractivity contribution >= 4 is 23.4 Å². The molecule has 0 spiro atoms. The Kier molecular flexibility index (Phi) is 7.26. The number of nitrogens with two attached hydrogens (primary N) is 1. The van der Waals surface area contributed by atoms with Gasteiger partial charge in [-0.05, 0) is 31.2 Å². The highest BCUT2D eigenvalue weighted by molar-refractivity contribution is 6.30. The summed E-state index contributed by atoms with van der Waals surface area (Å²) in [6.45, 7) is 10.0. The fourth-order valence-corrected chi connectivity index (χ4v) is 3.20. The van der Waals surface area contributed by atoms with Crippen LogP contribution >= 0.6 is 11.6 Å². The number of halogens is 1. The van der Waals surface area contributed by atoms with Gasteiger partial charge in [0.25, 0.3) is 5.91 Å². The quantitative estimate of drug-likeness (QED) is 0.778. The summed E-state index contributed by atoms with van der Waals surface area (Å²) in [6.07, 6.45) is 0.560. The molecule has 5 nitrogen and oxygen atoms in total. The van der Waals surface area contributed by atoms with Crippen molar-refractivity contribution in [2.45, 2.75) is 33.2 Å². The van der Waals surface area contributed by atoms with E-state index < -0.39 is 0 Å². The molecule has 2 N–H and O–H groups in total. The number of hydrogen-bond acceptors (Lipinski definition) is 2. The van der Waals surface area contributed by atoms with Crippen molar-refractivity contribution in [3.05, 3.63) is 34.9 Å². The third-order valence-corrected chi connectivity index (χ3v) is 4.78. The van der Waals surface area contributed by atoms with Gasteiger partial charge in [0.15, 0.2) is 0 Å². The normalized spacial score (nSPS) is 17.9. The van der Waals surface area contributed by atoms with E-state index in [1.54, 1.807) is 24.3 Å². The van der Waals surface area contributed by atoms with Crippen molar-refractivity contribution in [3.63, 3.8) is 0 Å². The molecule has 1 saturated heterocycles. The Labute approximate surface area is 155 Å². The molecule has 1 aliphatic heterocycles. The van der Waals surface area contributed by atoms with Gasteiger partial charge in [-0.3, -0.25) is 9.59 Å². The third-order valence-electron chi connectivity index (χ3n) is 4.53. The number of benzene rings is 1. The van der Waals surface area contributed by atoms with Gasteiger partial charge in [-0.1, -0.05) is 25.4 Å². The van der Waals surface area contributed by atoms with E-state index in [0.717, 1.165) is 13.1 Å². The lowest BCUT2D eigenvalue weighted by Crippen LogP contribution is -2.85. The number of amides is 2. The summed E-state index contributed by atoms with van der Waals surface area (Å²) < 4.78 is 0. The standard InChI is InChI=1S/C19H28ClN3O2/c1-14(2)12-21-9-8-18(24)22-10-11-23(15(3)13-22)19(25)16-4-6-17(20)7-5-16/h4-7,14-15,21H,8-13H2,1-3H3/p+1/t15-/m1/s1. The van der Waals surface area contributed by atoms with Crippen molar-refractivity contribution in [2.75, 3.05) is 32.7 Å². The Balaban J connectivity index is 1.84. The average Bonchev–Trinajstić information content (AvgIpc) is 2.58. The van der Waals surface area contributed by atoms with E-state index in [0.29, 0.717) is 42.6 Å². The molecule has 0 unspecified atom stereocenters. The maximum atomic E-state index is 12.6. The molecule has 0 bridgehead atoms. The van der Waals surface area contributed by atoms with E-state index in [4.69, 9.17) is 11.6 Å². The summed E-state index contributed by atoms with van der Waals surface area (Å²) in [5, 5.41) is 2.82. The number of piperazine rings is 1. The summed E-state index contributed by atoms with van der Waals surface area (Å²) in [6, 6.07) is 6.97. The van der Waals surface area contributed by atoms with Gasteiger partial charge in [0.05, 0.1) is 19.5 Å². The Hall–Kier alpha value is -1.59. The van der Waals surface area contributed by atoms with E-state index in [-0.39, 0.29) is 17.9 Å². The number of rotatable bonds is 6. The van der Waals surface area contributed by atoms with Gasteiger partial charge in [-0.25, -0.2) is 0 Å². The van der Waals surface area contributed by atoms with E-state index in [9.17, 15) is 9.59 Å². The zero-order valence-electron chi connectivity index (χ0n) is 15.4. The summed E-state index contributed by atoms with van der Waals surface area (Å²) >= 11 is 5.88. The van der Waals surface area contributed by atoms with Gasteiger partial charge in [-0.2, -0.15) is 0 Å². The molecule has 2 rings (SSSR count). The van der Waals surface area contributed by atoms with E-state index in [1.807, 2.05) is 16.7 Å². The molecule has 138 valence electrons. The highest BCUT2D eigenvalue weighted by atomic mass is 35.5. The van der Waals surface area contributed by atoms with Crippen LogP contribution in [0.4, 0.5) is 0 Å². The maximum absolute atomic E-state index is 12.6. The lowest BCUT2D eigenvalue weighted by atomic mass is 10.1. The largest absolute Gasteiger partial charge is 0.346 e. The van der Waals surface area contributed by atoms with Crippen LogP contribution in [0.1, 0.15) is 37.6 Å². The minimum atomic E-state index is 0.00142. The lowest BCUT2D eigenvalue weighted by molar-refractivity contribution is -0.658. The molecular weight excluding hydrogens is 338 g/mol. The van der Waals surface area contributed by atoms with Crippen LogP contribution in [0.2, 0.25) is 5.02 Å². The van der Waals surface area contributed by atoms with Crippen LogP contribution in [-0.4, -0.2) is 60.4 Å². The minimum Gasteiger partial charge on any atom is -0.346 e. The molecule has 0 saturated carbocycles. The molecule has 0 aromatic heterocycles. The van der Waals surface area contributed by atoms with Gasteiger partial charge < -0.3 is 15.1 Å². The monoisotopic (exact) mass is 366 g/mol. The summed E-state index contributed by atoms with van der Waals surface area (Å²) in [5.74, 6) is 0.824. The molecule has 0 radical (unpaired) electrons. The fraction of sp³-hybridized carbons (Fsp3) is 0.579. The molecule has 6 heteroatoms. The Morgan fingerprint density at radius 1 is 1.24 bits per heavy atom. The maximum Gasteiger partial charge on any atom is 0.254 e. The summed E-state index contributed by atoms with van der Waals surface area (Å²) in [5.41, 5.74) is 0.638. The second-order valence-corrected chi connectivity index (χ2v) is 7.59. The van der Waals surface area contributed by atoms with Gasteiger partial charge in [0.2, 0.25) is 5.91 Å². The second kappa shape index (κ2) is 9.20. The second-order valence-electron chi connectivity index (χ2n) is 7.15. The predicted octanol–water partition coefficient (Wildman–Crippen LogP) is 1.62. The lowest BCUT2D eigenvalue weighted by Gasteiger charge is -2.40. The SMILES string of the molecule is CC(C)C[NH2+]CCC(=O)N1CCN(C(=O)c2ccc(Cl)cc2)[C@H](C)C1. The van der Waals surface area contributed by atoms with Crippen molar-refractivity contribution in [1.29, 1.82) is 0 Å². The summed E-state index contributed by atoms with van der Waals surface area (Å²) in [7, 11) is 0. The highest BCUT2D eigenvalue weighted by Gasteiger charge is 2.30. The Morgan fingerprint density at radius 3 is 2.52 bits per heavy atom. The topological polar surface area (TPSA) is 57.2 Å². The molecule has 1 fully saturated rings. The molecule has 2 amide bonds. The molecule has 1 heterocycles. The van der Waals surface area contributed by atoms with E-state index in [1.165, 1.54) is 0 Å². The molecule has 25 heavy (non-hydrogen) atoms. The molecule has 0 aliphatic carbocycles. The van der Waals surface area contributed by atoms with Crippen LogP contribution in [-0.2, 0) is 4.79 Å². The predicted molar refractivity (Wildman–Crippen MR) is 99.6 cm³/mol. The van der Waals surface area contributed by atoms with Gasteiger partial charge in [-0.15, -0.1) is 0 Å². The average molecular weight is 367 g/mol. The zero-order chi connectivity index (χ0) is 18.4. The highest BCUT2D eigenvalue weighted by Crippen LogP contribution is 2.16. The van der Waals surface area contributed by atoms with Crippen molar-refractivity contribution in [3.8, 4) is 0 Å². The van der Waals surface area contributed by atoms with Gasteiger partial charge in [0, 0.05) is 42.2 Å². The van der Waals surface area contributed by atoms with Gasteiger partial charge >= 0.3 is 0 Å². The third kappa shape index (κ3) is 5.72. The van der Waals surface area contributed by atoms with Gasteiger partial charge in [0.1, 0.15) is 0 Å². The molecule has 1 aromatic rings.